The molecule has 0 aliphatic carbocycles. The molecule has 1 aromatic heterocycles. The summed E-state index contributed by atoms with van der Waals surface area (Å²) in [5.74, 6) is -0.143. The molecule has 4 nitrogen and oxygen atoms in total. The van der Waals surface area contributed by atoms with Crippen molar-refractivity contribution in [3.05, 3.63) is 23.7 Å². The quantitative estimate of drug-likeness (QED) is 0.775. The summed E-state index contributed by atoms with van der Waals surface area (Å²) < 4.78 is 9.75. The molecule has 1 aromatic rings. The number of carbonyl (C=O) groups is 1. The SMILES string of the molecule is CCC(C)(C)CNCc1ccoc1C(=O)OC. The van der Waals surface area contributed by atoms with Gasteiger partial charge in [-0.2, -0.15) is 0 Å². The predicted octanol–water partition coefficient (Wildman–Crippen LogP) is 2.59. The molecule has 0 bridgehead atoms. The Morgan fingerprint density at radius 3 is 2.82 bits per heavy atom. The molecule has 0 atom stereocenters. The van der Waals surface area contributed by atoms with Gasteiger partial charge in [-0.25, -0.2) is 4.79 Å². The first-order chi connectivity index (χ1) is 8.00. The summed E-state index contributed by atoms with van der Waals surface area (Å²) >= 11 is 0. The molecule has 0 aromatic carbocycles. The lowest BCUT2D eigenvalue weighted by Gasteiger charge is -2.22. The molecular weight excluding hydrogens is 218 g/mol. The number of esters is 1. The maximum Gasteiger partial charge on any atom is 0.374 e. The monoisotopic (exact) mass is 239 g/mol. The van der Waals surface area contributed by atoms with Gasteiger partial charge < -0.3 is 14.5 Å². The fraction of sp³-hybridized carbons (Fsp3) is 0.615. The van der Waals surface area contributed by atoms with Crippen molar-refractivity contribution in [3.8, 4) is 0 Å². The van der Waals surface area contributed by atoms with Crippen molar-refractivity contribution in [1.82, 2.24) is 5.32 Å². The van der Waals surface area contributed by atoms with Gasteiger partial charge in [0.15, 0.2) is 0 Å². The van der Waals surface area contributed by atoms with E-state index >= 15 is 0 Å². The molecule has 0 unspecified atom stereocenters. The van der Waals surface area contributed by atoms with Crippen molar-refractivity contribution < 1.29 is 13.9 Å². The summed E-state index contributed by atoms with van der Waals surface area (Å²) in [6, 6.07) is 1.79. The van der Waals surface area contributed by atoms with Crippen LogP contribution in [0.15, 0.2) is 16.7 Å². The van der Waals surface area contributed by atoms with E-state index in [2.05, 4.69) is 30.8 Å². The second kappa shape index (κ2) is 5.87. The number of carbonyl (C=O) groups excluding carboxylic acids is 1. The number of ether oxygens (including phenoxy) is 1. The van der Waals surface area contributed by atoms with Crippen LogP contribution in [0.3, 0.4) is 0 Å². The fourth-order valence-corrected chi connectivity index (χ4v) is 1.41. The van der Waals surface area contributed by atoms with Crippen LogP contribution in [0.1, 0.15) is 43.3 Å². The van der Waals surface area contributed by atoms with Crippen LogP contribution in [0.25, 0.3) is 0 Å². The van der Waals surface area contributed by atoms with Gasteiger partial charge in [0.2, 0.25) is 5.76 Å². The van der Waals surface area contributed by atoms with E-state index in [0.717, 1.165) is 18.5 Å². The molecule has 4 heteroatoms. The van der Waals surface area contributed by atoms with Gasteiger partial charge in [-0.05, 0) is 17.9 Å². The highest BCUT2D eigenvalue weighted by atomic mass is 16.5. The van der Waals surface area contributed by atoms with Gasteiger partial charge in [0.1, 0.15) is 0 Å². The molecule has 0 radical (unpaired) electrons. The van der Waals surface area contributed by atoms with Crippen molar-refractivity contribution >= 4 is 5.97 Å². The zero-order chi connectivity index (χ0) is 12.9. The van der Waals surface area contributed by atoms with Crippen molar-refractivity contribution in [2.24, 2.45) is 5.41 Å². The van der Waals surface area contributed by atoms with Gasteiger partial charge in [0, 0.05) is 18.7 Å². The zero-order valence-electron chi connectivity index (χ0n) is 11.0. The minimum atomic E-state index is -0.429. The molecule has 1 rings (SSSR count). The summed E-state index contributed by atoms with van der Waals surface area (Å²) in [4.78, 5) is 11.4. The van der Waals surface area contributed by atoms with Gasteiger partial charge >= 0.3 is 5.97 Å². The normalized spacial score (nSPS) is 11.5. The average molecular weight is 239 g/mol. The van der Waals surface area contributed by atoms with Gasteiger partial charge in [0.05, 0.1) is 13.4 Å². The topological polar surface area (TPSA) is 51.5 Å². The number of hydrogen-bond acceptors (Lipinski definition) is 4. The van der Waals surface area contributed by atoms with E-state index < -0.39 is 5.97 Å². The molecule has 17 heavy (non-hydrogen) atoms. The second-order valence-electron chi connectivity index (χ2n) is 4.89. The fourth-order valence-electron chi connectivity index (χ4n) is 1.41. The Balaban J connectivity index is 2.53. The third-order valence-electron chi connectivity index (χ3n) is 2.99. The largest absolute Gasteiger partial charge is 0.463 e. The van der Waals surface area contributed by atoms with E-state index in [9.17, 15) is 4.79 Å². The lowest BCUT2D eigenvalue weighted by Crippen LogP contribution is -2.28. The van der Waals surface area contributed by atoms with Crippen LogP contribution < -0.4 is 5.32 Å². The molecule has 1 heterocycles. The molecule has 0 aliphatic rings. The number of furan rings is 1. The molecule has 0 spiro atoms. The van der Waals surface area contributed by atoms with Gasteiger partial charge in [0.25, 0.3) is 0 Å². The standard InChI is InChI=1S/C13H21NO3/c1-5-13(2,3)9-14-8-10-6-7-17-11(10)12(15)16-4/h6-7,14H,5,8-9H2,1-4H3. The second-order valence-corrected chi connectivity index (χ2v) is 4.89. The highest BCUT2D eigenvalue weighted by molar-refractivity contribution is 5.87. The van der Waals surface area contributed by atoms with Gasteiger partial charge in [-0.3, -0.25) is 0 Å². The van der Waals surface area contributed by atoms with Crippen molar-refractivity contribution in [2.75, 3.05) is 13.7 Å². The highest BCUT2D eigenvalue weighted by Crippen LogP contribution is 2.18. The van der Waals surface area contributed by atoms with Gasteiger partial charge in [-0.1, -0.05) is 20.8 Å². The highest BCUT2D eigenvalue weighted by Gasteiger charge is 2.17. The molecule has 96 valence electrons. The molecular formula is C13H21NO3. The van der Waals surface area contributed by atoms with Crippen LogP contribution in [0, 0.1) is 5.41 Å². The Morgan fingerprint density at radius 2 is 2.24 bits per heavy atom. The minimum absolute atomic E-state index is 0.259. The first kappa shape index (κ1) is 13.8. The lowest BCUT2D eigenvalue weighted by atomic mass is 9.90. The van der Waals surface area contributed by atoms with Crippen LogP contribution in [0.4, 0.5) is 0 Å². The number of methoxy groups -OCH3 is 1. The Hall–Kier alpha value is -1.29. The van der Waals surface area contributed by atoms with Crippen LogP contribution in [-0.4, -0.2) is 19.6 Å². The van der Waals surface area contributed by atoms with Crippen molar-refractivity contribution in [3.63, 3.8) is 0 Å². The maximum atomic E-state index is 11.4. The Morgan fingerprint density at radius 1 is 1.53 bits per heavy atom. The van der Waals surface area contributed by atoms with E-state index in [1.807, 2.05) is 0 Å². The minimum Gasteiger partial charge on any atom is -0.463 e. The predicted molar refractivity (Wildman–Crippen MR) is 65.8 cm³/mol. The van der Waals surface area contributed by atoms with Crippen LogP contribution in [-0.2, 0) is 11.3 Å². The average Bonchev–Trinajstić information content (AvgIpc) is 2.76. The molecule has 1 N–H and O–H groups in total. The summed E-state index contributed by atoms with van der Waals surface area (Å²) in [5, 5.41) is 3.33. The Labute approximate surface area is 102 Å². The summed E-state index contributed by atoms with van der Waals surface area (Å²) in [6.07, 6.45) is 2.61. The third-order valence-corrected chi connectivity index (χ3v) is 2.99. The van der Waals surface area contributed by atoms with Crippen LogP contribution in [0.2, 0.25) is 0 Å². The Bertz CT molecular complexity index is 368. The number of nitrogens with one attached hydrogen (secondary N) is 1. The van der Waals surface area contributed by atoms with E-state index in [0.29, 0.717) is 6.54 Å². The van der Waals surface area contributed by atoms with Gasteiger partial charge in [-0.15, -0.1) is 0 Å². The van der Waals surface area contributed by atoms with Crippen LogP contribution >= 0.6 is 0 Å². The first-order valence-corrected chi connectivity index (χ1v) is 5.85. The lowest BCUT2D eigenvalue weighted by molar-refractivity contribution is 0.0563. The first-order valence-electron chi connectivity index (χ1n) is 5.85. The van der Waals surface area contributed by atoms with E-state index in [4.69, 9.17) is 4.42 Å². The molecule has 0 saturated carbocycles. The molecule has 0 saturated heterocycles. The smallest absolute Gasteiger partial charge is 0.374 e. The van der Waals surface area contributed by atoms with Crippen molar-refractivity contribution in [2.45, 2.75) is 33.7 Å². The molecule has 0 aliphatic heterocycles. The van der Waals surface area contributed by atoms with Crippen molar-refractivity contribution in [1.29, 1.82) is 0 Å². The Kier molecular flexibility index (Phi) is 4.75. The third kappa shape index (κ3) is 3.89. The molecule has 0 amide bonds. The van der Waals surface area contributed by atoms with E-state index in [1.54, 1.807) is 6.07 Å². The molecule has 0 fully saturated rings. The maximum absolute atomic E-state index is 11.4. The number of hydrogen-bond donors (Lipinski definition) is 1. The van der Waals surface area contributed by atoms with E-state index in [1.165, 1.54) is 13.4 Å². The summed E-state index contributed by atoms with van der Waals surface area (Å²) in [5.41, 5.74) is 1.10. The summed E-state index contributed by atoms with van der Waals surface area (Å²) in [7, 11) is 1.35. The van der Waals surface area contributed by atoms with Crippen LogP contribution in [0.5, 0.6) is 0 Å². The summed E-state index contributed by atoms with van der Waals surface area (Å²) in [6.45, 7) is 8.09. The van der Waals surface area contributed by atoms with E-state index in [-0.39, 0.29) is 11.2 Å². The zero-order valence-corrected chi connectivity index (χ0v) is 11.0. The number of rotatable bonds is 6.